The second-order valence-corrected chi connectivity index (χ2v) is 16.9. The molecule has 1 unspecified atom stereocenters. The van der Waals surface area contributed by atoms with Crippen molar-refractivity contribution in [1.29, 1.82) is 0 Å². The van der Waals surface area contributed by atoms with Gasteiger partial charge >= 0.3 is 0 Å². The van der Waals surface area contributed by atoms with E-state index in [1.807, 2.05) is 0 Å². The van der Waals surface area contributed by atoms with Crippen molar-refractivity contribution in [2.75, 3.05) is 6.54 Å². The Morgan fingerprint density at radius 1 is 0.460 bits per heavy atom. The molecular formula is C60H47N3. The first-order valence-corrected chi connectivity index (χ1v) is 22.1. The Balaban J connectivity index is 1.31. The number of aromatic nitrogens is 2. The van der Waals surface area contributed by atoms with Crippen LogP contribution in [0.15, 0.2) is 200 Å². The van der Waals surface area contributed by atoms with E-state index in [0.29, 0.717) is 0 Å². The number of aryl methyl sites for hydroxylation is 2. The molecule has 0 amide bonds. The maximum atomic E-state index is 4.98. The van der Waals surface area contributed by atoms with Gasteiger partial charge in [0.2, 0.25) is 0 Å². The van der Waals surface area contributed by atoms with E-state index in [1.165, 1.54) is 94.0 Å². The van der Waals surface area contributed by atoms with Crippen molar-refractivity contribution in [3.8, 4) is 55.6 Å². The van der Waals surface area contributed by atoms with Crippen LogP contribution in [-0.2, 0) is 6.42 Å². The van der Waals surface area contributed by atoms with Gasteiger partial charge in [-0.15, -0.1) is 0 Å². The minimum absolute atomic E-state index is 0.123. The lowest BCUT2D eigenvalue weighted by Gasteiger charge is -2.26. The normalized spacial score (nSPS) is 13.1. The molecule has 2 heterocycles. The van der Waals surface area contributed by atoms with Crippen LogP contribution in [0.3, 0.4) is 0 Å². The van der Waals surface area contributed by atoms with Gasteiger partial charge in [0.15, 0.2) is 11.4 Å². The van der Waals surface area contributed by atoms with E-state index in [2.05, 4.69) is 226 Å². The zero-order chi connectivity index (χ0) is 42.4. The highest BCUT2D eigenvalue weighted by molar-refractivity contribution is 6.27. The maximum absolute atomic E-state index is 4.98. The molecule has 3 nitrogen and oxygen atoms in total. The van der Waals surface area contributed by atoms with Gasteiger partial charge in [0, 0.05) is 23.2 Å². The van der Waals surface area contributed by atoms with Crippen LogP contribution in [0.5, 0.6) is 0 Å². The summed E-state index contributed by atoms with van der Waals surface area (Å²) >= 11 is 0. The number of fused-ring (bicyclic) bond motifs is 4. The van der Waals surface area contributed by atoms with Crippen LogP contribution in [0.4, 0.5) is 5.69 Å². The summed E-state index contributed by atoms with van der Waals surface area (Å²) < 4.78 is 2.60. The highest BCUT2D eigenvalue weighted by atomic mass is 15.1. The molecule has 9 aromatic carbocycles. The Morgan fingerprint density at radius 2 is 0.873 bits per heavy atom. The molecule has 0 saturated carbocycles. The standard InChI is InChI=1S/C60H47N3/c1-39(42-21-9-4-10-22-42)59-48-32-20-19-31-47(48)33-34-63(59)60-41(3)62-61-40(2)57(60)58-55-37-51(45-27-15-7-16-28-45)49(43-23-11-5-12-24-43)35-53(55)54-36-50(44-25-13-6-14-26-44)52(38-56(54)58)46-29-17-8-18-30-46/h4-32,35-39H,33-34H2,1-3H3. The second-order valence-electron chi connectivity index (χ2n) is 16.9. The number of nitrogens with zero attached hydrogens (tertiary/aromatic N) is 3. The monoisotopic (exact) mass is 809 g/mol. The molecule has 0 bridgehead atoms. The summed E-state index contributed by atoms with van der Waals surface area (Å²) in [6.07, 6.45) is 0.932. The quantitative estimate of drug-likeness (QED) is 0.113. The largest absolute Gasteiger partial charge is 0.216 e. The van der Waals surface area contributed by atoms with E-state index in [9.17, 15) is 0 Å². The topological polar surface area (TPSA) is 28.8 Å². The Bertz CT molecular complexity index is 3190. The number of rotatable bonds is 8. The lowest BCUT2D eigenvalue weighted by Crippen LogP contribution is -2.31. The second kappa shape index (κ2) is 16.0. The molecule has 0 N–H and O–H groups in total. The van der Waals surface area contributed by atoms with Gasteiger partial charge < -0.3 is 0 Å². The van der Waals surface area contributed by atoms with Crippen LogP contribution in [0.1, 0.15) is 40.9 Å². The molecule has 3 heteroatoms. The van der Waals surface area contributed by atoms with E-state index in [0.717, 1.165) is 35.6 Å². The minimum atomic E-state index is 0.123. The Morgan fingerprint density at radius 3 is 1.37 bits per heavy atom. The zero-order valence-electron chi connectivity index (χ0n) is 35.9. The highest BCUT2D eigenvalue weighted by Gasteiger charge is 2.35. The van der Waals surface area contributed by atoms with Crippen LogP contribution < -0.4 is 0 Å². The molecule has 1 aromatic heterocycles. The first-order chi connectivity index (χ1) is 31.0. The summed E-state index contributed by atoms with van der Waals surface area (Å²) in [6.45, 7) is 7.49. The average Bonchev–Trinajstić information content (AvgIpc) is 3.66. The van der Waals surface area contributed by atoms with E-state index >= 15 is 0 Å². The van der Waals surface area contributed by atoms with Gasteiger partial charge in [-0.3, -0.25) is 0 Å². The summed E-state index contributed by atoms with van der Waals surface area (Å²) in [6, 6.07) is 73.2. The molecular weight excluding hydrogens is 763 g/mol. The Labute approximate surface area is 369 Å². The van der Waals surface area contributed by atoms with Crippen LogP contribution in [0.25, 0.3) is 77.2 Å². The average molecular weight is 810 g/mol. The van der Waals surface area contributed by atoms with Gasteiger partial charge in [0.25, 0.3) is 0 Å². The first kappa shape index (κ1) is 38.3. The summed E-state index contributed by atoms with van der Waals surface area (Å²) in [7, 11) is 0. The predicted molar refractivity (Wildman–Crippen MR) is 263 cm³/mol. The summed E-state index contributed by atoms with van der Waals surface area (Å²) in [5.74, 6) is 0.123. The molecule has 302 valence electrons. The molecule has 10 aromatic rings. The van der Waals surface area contributed by atoms with Crippen LogP contribution >= 0.6 is 0 Å². The fraction of sp³-hybridized carbons (Fsp3) is 0.100. The summed E-state index contributed by atoms with van der Waals surface area (Å²) in [4.78, 5) is 0. The van der Waals surface area contributed by atoms with Crippen LogP contribution in [-0.4, -0.2) is 27.0 Å². The number of benzene rings is 8. The van der Waals surface area contributed by atoms with Crippen molar-refractivity contribution in [3.63, 3.8) is 0 Å². The van der Waals surface area contributed by atoms with Crippen molar-refractivity contribution in [3.05, 3.63) is 228 Å². The van der Waals surface area contributed by atoms with Gasteiger partial charge in [-0.25, -0.2) is 4.58 Å². The molecule has 63 heavy (non-hydrogen) atoms. The van der Waals surface area contributed by atoms with Crippen LogP contribution in [0, 0.1) is 13.8 Å². The van der Waals surface area contributed by atoms with Crippen molar-refractivity contribution >= 4 is 32.9 Å². The molecule has 0 aliphatic carbocycles. The van der Waals surface area contributed by atoms with Crippen LogP contribution in [0.2, 0.25) is 0 Å². The van der Waals surface area contributed by atoms with Gasteiger partial charge in [0.1, 0.15) is 12.2 Å². The lowest BCUT2D eigenvalue weighted by molar-refractivity contribution is -0.443. The third-order valence-electron chi connectivity index (χ3n) is 13.2. The maximum Gasteiger partial charge on any atom is 0.193 e. The molecule has 0 saturated heterocycles. The Kier molecular flexibility index (Phi) is 9.74. The molecule has 0 spiro atoms. The molecule has 0 fully saturated rings. The predicted octanol–water partition coefficient (Wildman–Crippen LogP) is 14.9. The minimum Gasteiger partial charge on any atom is -0.216 e. The van der Waals surface area contributed by atoms with Crippen molar-refractivity contribution in [2.45, 2.75) is 33.1 Å². The third-order valence-corrected chi connectivity index (χ3v) is 13.2. The van der Waals surface area contributed by atoms with Crippen molar-refractivity contribution in [2.24, 2.45) is 0 Å². The van der Waals surface area contributed by atoms with E-state index in [1.54, 1.807) is 0 Å². The Hall–Kier alpha value is -7.62. The summed E-state index contributed by atoms with van der Waals surface area (Å²) in [5, 5.41) is 14.8. The lowest BCUT2D eigenvalue weighted by atomic mass is 9.85. The van der Waals surface area contributed by atoms with Gasteiger partial charge in [-0.05, 0) is 82.5 Å². The van der Waals surface area contributed by atoms with E-state index in [4.69, 9.17) is 10.2 Å². The zero-order valence-corrected chi connectivity index (χ0v) is 35.9. The fourth-order valence-electron chi connectivity index (χ4n) is 10.2. The SMILES string of the molecule is Cc1nnc(C)c([N+]2=C(C(C)c3ccccc3)c3ccccc3CC2)c1-[c-]1c2cc(-c3ccccc3)c(-c3ccccc3)cc2c2cc(-c3ccccc3)c(-c3ccccc3)cc21. The smallest absolute Gasteiger partial charge is 0.193 e. The third kappa shape index (κ3) is 6.69. The van der Waals surface area contributed by atoms with E-state index < -0.39 is 0 Å². The fourth-order valence-corrected chi connectivity index (χ4v) is 10.2. The molecule has 11 rings (SSSR count). The van der Waals surface area contributed by atoms with Crippen molar-refractivity contribution < 1.29 is 4.58 Å². The van der Waals surface area contributed by atoms with E-state index in [-0.39, 0.29) is 5.92 Å². The molecule has 1 aliphatic rings. The molecule has 1 aliphatic heterocycles. The highest BCUT2D eigenvalue weighted by Crippen LogP contribution is 2.51. The van der Waals surface area contributed by atoms with Gasteiger partial charge in [-0.1, -0.05) is 221 Å². The summed E-state index contributed by atoms with van der Waals surface area (Å²) in [5.41, 5.74) is 20.2. The van der Waals surface area contributed by atoms with Gasteiger partial charge in [-0.2, -0.15) is 10.2 Å². The first-order valence-electron chi connectivity index (χ1n) is 22.1. The van der Waals surface area contributed by atoms with Gasteiger partial charge in [0.05, 0.1) is 5.92 Å². The number of hydrogen-bond donors (Lipinski definition) is 0. The van der Waals surface area contributed by atoms with Crippen molar-refractivity contribution in [1.82, 2.24) is 10.2 Å². The molecule has 0 radical (unpaired) electrons. The number of hydrogen-bond acceptors (Lipinski definition) is 2. The molecule has 1 atom stereocenters.